The molecule has 2 aromatic heterocycles. The minimum Gasteiger partial charge on any atom is -0.481 e. The van der Waals surface area contributed by atoms with Crippen LogP contribution in [0.1, 0.15) is 22.9 Å². The number of benzene rings is 1. The molecule has 2 heterocycles. The molecule has 0 aliphatic heterocycles. The van der Waals surface area contributed by atoms with E-state index in [1.54, 1.807) is 23.5 Å². The predicted octanol–water partition coefficient (Wildman–Crippen LogP) is 3.32. The van der Waals surface area contributed by atoms with Crippen LogP contribution in [0, 0.1) is 5.82 Å². The van der Waals surface area contributed by atoms with Crippen LogP contribution in [0.25, 0.3) is 16.2 Å². The van der Waals surface area contributed by atoms with Crippen molar-refractivity contribution >= 4 is 22.3 Å². The molecular weight excluding hydrogens is 291 g/mol. The molecule has 1 aliphatic rings. The third-order valence-electron chi connectivity index (χ3n) is 3.86. The molecule has 0 radical (unpaired) electrons. The number of hydrogen-bond acceptors (Lipinski definition) is 3. The summed E-state index contributed by atoms with van der Waals surface area (Å²) in [5, 5.41) is 9.32. The fourth-order valence-electron chi connectivity index (χ4n) is 2.86. The summed E-state index contributed by atoms with van der Waals surface area (Å²) in [6, 6.07) is 6.15. The Morgan fingerprint density at radius 3 is 2.86 bits per heavy atom. The van der Waals surface area contributed by atoms with Gasteiger partial charge in [-0.15, -0.1) is 11.3 Å². The summed E-state index contributed by atoms with van der Waals surface area (Å²) in [6.07, 6.45) is 3.29. The minimum atomic E-state index is -0.787. The van der Waals surface area contributed by atoms with Crippen molar-refractivity contribution in [1.82, 2.24) is 9.38 Å². The number of aliphatic carboxylic acids is 1. The Morgan fingerprint density at radius 1 is 1.38 bits per heavy atom. The number of imidazole rings is 1. The summed E-state index contributed by atoms with van der Waals surface area (Å²) in [6.45, 7) is 0. The van der Waals surface area contributed by atoms with Crippen molar-refractivity contribution in [3.63, 3.8) is 0 Å². The van der Waals surface area contributed by atoms with E-state index >= 15 is 0 Å². The highest BCUT2D eigenvalue weighted by Gasteiger charge is 2.33. The second kappa shape index (κ2) is 4.39. The van der Waals surface area contributed by atoms with E-state index in [0.29, 0.717) is 6.42 Å². The van der Waals surface area contributed by atoms with Crippen LogP contribution in [0.15, 0.2) is 30.5 Å². The van der Waals surface area contributed by atoms with Crippen molar-refractivity contribution in [2.45, 2.75) is 18.8 Å². The Kier molecular flexibility index (Phi) is 2.62. The second-order valence-electron chi connectivity index (χ2n) is 5.13. The van der Waals surface area contributed by atoms with Crippen LogP contribution >= 0.6 is 11.3 Å². The topological polar surface area (TPSA) is 54.6 Å². The molecule has 4 rings (SSSR count). The van der Waals surface area contributed by atoms with Crippen molar-refractivity contribution in [2.75, 3.05) is 0 Å². The van der Waals surface area contributed by atoms with E-state index in [1.165, 1.54) is 12.1 Å². The maximum atomic E-state index is 13.0. The van der Waals surface area contributed by atoms with Gasteiger partial charge in [0.05, 0.1) is 17.3 Å². The normalized spacial score (nSPS) is 17.3. The molecule has 1 atom stereocenters. The van der Waals surface area contributed by atoms with Gasteiger partial charge in [-0.3, -0.25) is 9.20 Å². The molecule has 21 heavy (non-hydrogen) atoms. The van der Waals surface area contributed by atoms with Crippen molar-refractivity contribution in [3.8, 4) is 11.3 Å². The average Bonchev–Trinajstić information content (AvgIpc) is 3.09. The Balaban J connectivity index is 1.85. The Labute approximate surface area is 123 Å². The zero-order valence-corrected chi connectivity index (χ0v) is 11.7. The number of thiazole rings is 1. The monoisotopic (exact) mass is 302 g/mol. The summed E-state index contributed by atoms with van der Waals surface area (Å²) in [5.74, 6) is -1.53. The SMILES string of the molecule is O=C(O)C1CCc2sc3nc(-c4ccc(F)cc4)cn3c21. The first-order chi connectivity index (χ1) is 10.1. The van der Waals surface area contributed by atoms with Gasteiger partial charge in [0, 0.05) is 16.6 Å². The molecular formula is C15H11FN2O2S. The molecule has 106 valence electrons. The van der Waals surface area contributed by atoms with Crippen molar-refractivity contribution in [2.24, 2.45) is 0 Å². The largest absolute Gasteiger partial charge is 0.481 e. The van der Waals surface area contributed by atoms with E-state index in [9.17, 15) is 14.3 Å². The molecule has 4 nitrogen and oxygen atoms in total. The number of aryl methyl sites for hydroxylation is 1. The standard InChI is InChI=1S/C15H11FN2O2S/c16-9-3-1-8(2-4-9)11-7-18-13-10(14(19)20)5-6-12(13)21-15(18)17-11/h1-4,7,10H,5-6H2,(H,19,20). The highest BCUT2D eigenvalue weighted by atomic mass is 32.1. The lowest BCUT2D eigenvalue weighted by Gasteiger charge is -2.03. The van der Waals surface area contributed by atoms with Crippen LogP contribution in [0.4, 0.5) is 4.39 Å². The first-order valence-electron chi connectivity index (χ1n) is 6.63. The molecule has 1 aromatic carbocycles. The number of hydrogen-bond donors (Lipinski definition) is 1. The van der Waals surface area contributed by atoms with Crippen LogP contribution in [0.5, 0.6) is 0 Å². The van der Waals surface area contributed by atoms with Gasteiger partial charge in [-0.25, -0.2) is 9.37 Å². The maximum Gasteiger partial charge on any atom is 0.312 e. The summed E-state index contributed by atoms with van der Waals surface area (Å²) < 4.78 is 14.9. The number of rotatable bonds is 2. The molecule has 0 saturated heterocycles. The Morgan fingerprint density at radius 2 is 2.14 bits per heavy atom. The Bertz CT molecular complexity index is 851. The van der Waals surface area contributed by atoms with Gasteiger partial charge < -0.3 is 5.11 Å². The van der Waals surface area contributed by atoms with Crippen LogP contribution in [0.2, 0.25) is 0 Å². The van der Waals surface area contributed by atoms with Crippen LogP contribution in [0.3, 0.4) is 0 Å². The fourth-order valence-corrected chi connectivity index (χ4v) is 4.04. The molecule has 0 saturated carbocycles. The predicted molar refractivity (Wildman–Crippen MR) is 77.2 cm³/mol. The van der Waals surface area contributed by atoms with Gasteiger partial charge in [-0.05, 0) is 37.1 Å². The molecule has 6 heteroatoms. The zero-order chi connectivity index (χ0) is 14.6. The highest BCUT2D eigenvalue weighted by molar-refractivity contribution is 7.17. The quantitative estimate of drug-likeness (QED) is 0.790. The Hall–Kier alpha value is -2.21. The lowest BCUT2D eigenvalue weighted by Crippen LogP contribution is -2.09. The summed E-state index contributed by atoms with van der Waals surface area (Å²) >= 11 is 1.54. The van der Waals surface area contributed by atoms with Gasteiger partial charge in [-0.2, -0.15) is 0 Å². The van der Waals surface area contributed by atoms with E-state index in [4.69, 9.17) is 0 Å². The molecule has 1 aliphatic carbocycles. The molecule has 0 fully saturated rings. The van der Waals surface area contributed by atoms with Gasteiger partial charge in [0.15, 0.2) is 4.96 Å². The van der Waals surface area contributed by atoms with E-state index in [0.717, 1.165) is 33.2 Å². The minimum absolute atomic E-state index is 0.286. The van der Waals surface area contributed by atoms with Crippen LogP contribution in [-0.2, 0) is 11.2 Å². The molecule has 0 bridgehead atoms. The number of carboxylic acids is 1. The zero-order valence-electron chi connectivity index (χ0n) is 10.9. The third-order valence-corrected chi connectivity index (χ3v) is 4.99. The third kappa shape index (κ3) is 1.86. The van der Waals surface area contributed by atoms with Crippen molar-refractivity contribution in [1.29, 1.82) is 0 Å². The lowest BCUT2D eigenvalue weighted by molar-refractivity contribution is -0.138. The highest BCUT2D eigenvalue weighted by Crippen LogP contribution is 2.39. The number of aromatic nitrogens is 2. The number of fused-ring (bicyclic) bond motifs is 3. The first kappa shape index (κ1) is 12.5. The lowest BCUT2D eigenvalue weighted by atomic mass is 10.1. The van der Waals surface area contributed by atoms with Gasteiger partial charge in [-0.1, -0.05) is 0 Å². The number of carboxylic acid groups (broad SMARTS) is 1. The van der Waals surface area contributed by atoms with E-state index < -0.39 is 11.9 Å². The van der Waals surface area contributed by atoms with Crippen molar-refractivity contribution in [3.05, 3.63) is 46.9 Å². The van der Waals surface area contributed by atoms with Gasteiger partial charge >= 0.3 is 5.97 Å². The van der Waals surface area contributed by atoms with Gasteiger partial charge in [0.1, 0.15) is 5.82 Å². The summed E-state index contributed by atoms with van der Waals surface area (Å²) in [5.41, 5.74) is 2.41. The second-order valence-corrected chi connectivity index (χ2v) is 6.19. The maximum absolute atomic E-state index is 13.0. The molecule has 1 unspecified atom stereocenters. The molecule has 0 amide bonds. The van der Waals surface area contributed by atoms with E-state index in [2.05, 4.69) is 4.98 Å². The number of nitrogens with zero attached hydrogens (tertiary/aromatic N) is 2. The van der Waals surface area contributed by atoms with E-state index in [1.807, 2.05) is 10.6 Å². The summed E-state index contributed by atoms with van der Waals surface area (Å²) in [4.78, 5) is 17.8. The molecule has 3 aromatic rings. The van der Waals surface area contributed by atoms with Crippen molar-refractivity contribution < 1.29 is 14.3 Å². The van der Waals surface area contributed by atoms with Gasteiger partial charge in [0.25, 0.3) is 0 Å². The average molecular weight is 302 g/mol. The molecule has 0 spiro atoms. The number of carbonyl (C=O) groups is 1. The smallest absolute Gasteiger partial charge is 0.312 e. The number of halogens is 1. The first-order valence-corrected chi connectivity index (χ1v) is 7.44. The van der Waals surface area contributed by atoms with E-state index in [-0.39, 0.29) is 5.82 Å². The van der Waals surface area contributed by atoms with Gasteiger partial charge in [0.2, 0.25) is 0 Å². The molecule has 1 N–H and O–H groups in total. The fraction of sp³-hybridized carbons (Fsp3) is 0.200. The summed E-state index contributed by atoms with van der Waals surface area (Å²) in [7, 11) is 0. The van der Waals surface area contributed by atoms with Crippen LogP contribution in [-0.4, -0.2) is 20.5 Å². The van der Waals surface area contributed by atoms with Crippen LogP contribution < -0.4 is 0 Å².